The standard InChI is InChI=1S/C15H18ClN3O2S/c1-20-12-5-3-10(9-13(12)21-2)19-15(17)18-8-7-11-4-6-14(16)22-11/h3-6,9H,7-8H2,1-2H3,(H3,17,18,19). The Bertz CT molecular complexity index is 658. The van der Waals surface area contributed by atoms with Crippen LogP contribution in [-0.4, -0.2) is 26.7 Å². The highest BCUT2D eigenvalue weighted by Crippen LogP contribution is 2.29. The van der Waals surface area contributed by atoms with Crippen molar-refractivity contribution in [1.82, 2.24) is 0 Å². The number of nitrogens with two attached hydrogens (primary N) is 1. The Morgan fingerprint density at radius 2 is 2.00 bits per heavy atom. The second-order valence-electron chi connectivity index (χ2n) is 4.42. The Morgan fingerprint density at radius 1 is 1.23 bits per heavy atom. The fourth-order valence-corrected chi connectivity index (χ4v) is 2.95. The third-order valence-electron chi connectivity index (χ3n) is 2.93. The van der Waals surface area contributed by atoms with Crippen molar-refractivity contribution < 1.29 is 9.47 Å². The fourth-order valence-electron chi connectivity index (χ4n) is 1.87. The molecule has 5 nitrogen and oxygen atoms in total. The number of hydrogen-bond acceptors (Lipinski definition) is 4. The number of thiophene rings is 1. The smallest absolute Gasteiger partial charge is 0.193 e. The number of nitrogens with zero attached hydrogens (tertiary/aromatic N) is 1. The Balaban J connectivity index is 1.93. The van der Waals surface area contributed by atoms with Crippen LogP contribution < -0.4 is 20.5 Å². The highest BCUT2D eigenvalue weighted by Gasteiger charge is 2.05. The molecule has 0 aliphatic rings. The molecule has 1 aromatic carbocycles. The van der Waals surface area contributed by atoms with Crippen molar-refractivity contribution >= 4 is 34.6 Å². The monoisotopic (exact) mass is 339 g/mol. The second-order valence-corrected chi connectivity index (χ2v) is 6.22. The Hall–Kier alpha value is -1.92. The van der Waals surface area contributed by atoms with Gasteiger partial charge < -0.3 is 20.5 Å². The van der Waals surface area contributed by atoms with Gasteiger partial charge in [-0.2, -0.15) is 0 Å². The Kier molecular flexibility index (Phi) is 5.91. The minimum absolute atomic E-state index is 0.356. The third-order valence-corrected chi connectivity index (χ3v) is 4.22. The van der Waals surface area contributed by atoms with E-state index in [9.17, 15) is 0 Å². The molecule has 0 saturated carbocycles. The maximum absolute atomic E-state index is 5.89. The zero-order valence-electron chi connectivity index (χ0n) is 12.4. The van der Waals surface area contributed by atoms with Gasteiger partial charge in [-0.3, -0.25) is 4.99 Å². The summed E-state index contributed by atoms with van der Waals surface area (Å²) in [5.41, 5.74) is 6.67. The molecule has 118 valence electrons. The lowest BCUT2D eigenvalue weighted by Gasteiger charge is -2.10. The topological polar surface area (TPSA) is 68.9 Å². The lowest BCUT2D eigenvalue weighted by molar-refractivity contribution is 0.355. The van der Waals surface area contributed by atoms with E-state index in [-0.39, 0.29) is 0 Å². The first kappa shape index (κ1) is 16.5. The first-order valence-electron chi connectivity index (χ1n) is 6.65. The van der Waals surface area contributed by atoms with E-state index in [1.807, 2.05) is 24.3 Å². The van der Waals surface area contributed by atoms with Gasteiger partial charge in [-0.25, -0.2) is 0 Å². The van der Waals surface area contributed by atoms with Crippen LogP contribution in [0.4, 0.5) is 5.69 Å². The maximum atomic E-state index is 5.89. The first-order chi connectivity index (χ1) is 10.6. The molecule has 0 aliphatic carbocycles. The highest BCUT2D eigenvalue weighted by atomic mass is 35.5. The van der Waals surface area contributed by atoms with Gasteiger partial charge in [-0.15, -0.1) is 11.3 Å². The van der Waals surface area contributed by atoms with Gasteiger partial charge in [0, 0.05) is 29.6 Å². The summed E-state index contributed by atoms with van der Waals surface area (Å²) in [6.07, 6.45) is 0.811. The van der Waals surface area contributed by atoms with Crippen molar-refractivity contribution in [3.05, 3.63) is 39.5 Å². The molecule has 0 radical (unpaired) electrons. The fraction of sp³-hybridized carbons (Fsp3) is 0.267. The zero-order valence-corrected chi connectivity index (χ0v) is 14.0. The highest BCUT2D eigenvalue weighted by molar-refractivity contribution is 7.16. The lowest BCUT2D eigenvalue weighted by Crippen LogP contribution is -2.23. The maximum Gasteiger partial charge on any atom is 0.193 e. The lowest BCUT2D eigenvalue weighted by atomic mass is 10.3. The van der Waals surface area contributed by atoms with Gasteiger partial charge in [-0.05, 0) is 24.3 Å². The summed E-state index contributed by atoms with van der Waals surface area (Å²) in [4.78, 5) is 5.48. The van der Waals surface area contributed by atoms with Gasteiger partial charge >= 0.3 is 0 Å². The molecule has 0 saturated heterocycles. The van der Waals surface area contributed by atoms with E-state index in [0.717, 1.165) is 16.4 Å². The van der Waals surface area contributed by atoms with Crippen LogP contribution in [0.1, 0.15) is 4.88 Å². The molecule has 0 bridgehead atoms. The van der Waals surface area contributed by atoms with E-state index in [4.69, 9.17) is 26.8 Å². The van der Waals surface area contributed by atoms with Crippen LogP contribution >= 0.6 is 22.9 Å². The van der Waals surface area contributed by atoms with Gasteiger partial charge in [0.15, 0.2) is 17.5 Å². The molecule has 1 aromatic heterocycles. The zero-order chi connectivity index (χ0) is 15.9. The molecule has 0 amide bonds. The predicted molar refractivity (Wildman–Crippen MR) is 92.7 cm³/mol. The molecule has 3 N–H and O–H groups in total. The van der Waals surface area contributed by atoms with Crippen molar-refractivity contribution in [2.45, 2.75) is 6.42 Å². The number of benzene rings is 1. The van der Waals surface area contributed by atoms with Crippen molar-refractivity contribution in [1.29, 1.82) is 0 Å². The van der Waals surface area contributed by atoms with Crippen molar-refractivity contribution in [2.24, 2.45) is 10.7 Å². The molecule has 2 rings (SSSR count). The quantitative estimate of drug-likeness (QED) is 0.625. The number of guanidine groups is 1. The molecule has 1 heterocycles. The summed E-state index contributed by atoms with van der Waals surface area (Å²) in [6, 6.07) is 9.35. The summed E-state index contributed by atoms with van der Waals surface area (Å²) in [5.74, 6) is 1.65. The molecule has 2 aromatic rings. The summed E-state index contributed by atoms with van der Waals surface area (Å²) in [5, 5.41) is 3.03. The summed E-state index contributed by atoms with van der Waals surface area (Å²) in [6.45, 7) is 0.600. The average molecular weight is 340 g/mol. The summed E-state index contributed by atoms with van der Waals surface area (Å²) >= 11 is 7.44. The van der Waals surface area contributed by atoms with E-state index in [1.54, 1.807) is 31.6 Å². The van der Waals surface area contributed by atoms with E-state index in [0.29, 0.717) is 24.0 Å². The van der Waals surface area contributed by atoms with Crippen LogP contribution in [0.2, 0.25) is 4.34 Å². The van der Waals surface area contributed by atoms with Crippen molar-refractivity contribution in [3.8, 4) is 11.5 Å². The van der Waals surface area contributed by atoms with E-state index >= 15 is 0 Å². The minimum Gasteiger partial charge on any atom is -0.493 e. The third kappa shape index (κ3) is 4.54. The summed E-state index contributed by atoms with van der Waals surface area (Å²) in [7, 11) is 3.18. The number of aliphatic imine (C=N–C) groups is 1. The molecule has 7 heteroatoms. The van der Waals surface area contributed by atoms with Gasteiger partial charge in [0.2, 0.25) is 0 Å². The number of anilines is 1. The Morgan fingerprint density at radius 3 is 2.64 bits per heavy atom. The van der Waals surface area contributed by atoms with Gasteiger partial charge in [0.25, 0.3) is 0 Å². The number of methoxy groups -OCH3 is 2. The van der Waals surface area contributed by atoms with Crippen molar-refractivity contribution in [3.63, 3.8) is 0 Å². The average Bonchev–Trinajstić information content (AvgIpc) is 2.92. The number of rotatable bonds is 6. The largest absolute Gasteiger partial charge is 0.493 e. The number of nitrogens with one attached hydrogen (secondary N) is 1. The molecule has 0 atom stereocenters. The summed E-state index contributed by atoms with van der Waals surface area (Å²) < 4.78 is 11.2. The first-order valence-corrected chi connectivity index (χ1v) is 7.85. The van der Waals surface area contributed by atoms with Crippen molar-refractivity contribution in [2.75, 3.05) is 26.1 Å². The van der Waals surface area contributed by atoms with E-state index < -0.39 is 0 Å². The van der Waals surface area contributed by atoms with Crippen LogP contribution in [0, 0.1) is 0 Å². The van der Waals surface area contributed by atoms with Gasteiger partial charge in [0.1, 0.15) is 0 Å². The molecule has 0 fully saturated rings. The van der Waals surface area contributed by atoms with Crippen LogP contribution in [0.3, 0.4) is 0 Å². The number of hydrogen-bond donors (Lipinski definition) is 2. The normalized spacial score (nSPS) is 11.3. The Labute approximate surface area is 138 Å². The predicted octanol–water partition coefficient (Wildman–Crippen LogP) is 3.39. The molecular weight excluding hydrogens is 322 g/mol. The van der Waals surface area contributed by atoms with Crippen LogP contribution in [-0.2, 0) is 6.42 Å². The van der Waals surface area contributed by atoms with Crippen LogP contribution in [0.5, 0.6) is 11.5 Å². The molecule has 0 spiro atoms. The van der Waals surface area contributed by atoms with Gasteiger partial charge in [-0.1, -0.05) is 11.6 Å². The number of ether oxygens (including phenoxy) is 2. The van der Waals surface area contributed by atoms with E-state index in [2.05, 4.69) is 10.3 Å². The molecular formula is C15H18ClN3O2S. The number of halogens is 1. The molecule has 0 unspecified atom stereocenters. The molecule has 0 aliphatic heterocycles. The van der Waals surface area contributed by atoms with Crippen LogP contribution in [0.25, 0.3) is 0 Å². The second kappa shape index (κ2) is 7.91. The van der Waals surface area contributed by atoms with E-state index in [1.165, 1.54) is 4.88 Å². The minimum atomic E-state index is 0.356. The molecule has 22 heavy (non-hydrogen) atoms. The van der Waals surface area contributed by atoms with Crippen LogP contribution in [0.15, 0.2) is 35.3 Å². The van der Waals surface area contributed by atoms with Gasteiger partial charge in [0.05, 0.1) is 18.6 Å². The SMILES string of the molecule is COc1ccc(NC(N)=NCCc2ccc(Cl)s2)cc1OC.